The molecule has 4 aromatic carbocycles. The van der Waals surface area contributed by atoms with E-state index in [-0.39, 0.29) is 11.1 Å². The number of carbonyl (C=O) groups is 2. The number of ether oxygens (including phenoxy) is 2. The molecule has 0 spiro atoms. The molecule has 9 heteroatoms. The summed E-state index contributed by atoms with van der Waals surface area (Å²) < 4.78 is 12.5. The van der Waals surface area contributed by atoms with Gasteiger partial charge in [-0.2, -0.15) is 10.2 Å². The van der Waals surface area contributed by atoms with Gasteiger partial charge in [-0.3, -0.25) is 4.79 Å². The van der Waals surface area contributed by atoms with Crippen LogP contribution in [-0.2, 0) is 0 Å². The Kier molecular flexibility index (Phi) is 7.44. The van der Waals surface area contributed by atoms with Crippen molar-refractivity contribution in [2.45, 2.75) is 12.5 Å². The number of amides is 1. The minimum atomic E-state index is -1.11. The summed E-state index contributed by atoms with van der Waals surface area (Å²) in [7, 11) is 3.22. The topological polar surface area (TPSA) is 106 Å². The van der Waals surface area contributed by atoms with Crippen LogP contribution in [-0.4, -0.2) is 51.7 Å². The molecule has 1 aliphatic heterocycles. The predicted octanol–water partition coefficient (Wildman–Crippen LogP) is 6.25. The molecule has 214 valence electrons. The van der Waals surface area contributed by atoms with Crippen molar-refractivity contribution in [3.63, 3.8) is 0 Å². The van der Waals surface area contributed by atoms with Crippen LogP contribution in [0.15, 0.2) is 114 Å². The zero-order valence-electron chi connectivity index (χ0n) is 23.5. The quantitative estimate of drug-likeness (QED) is 0.236. The number of aromatic carboxylic acids is 1. The number of rotatable bonds is 8. The second-order valence-electron chi connectivity index (χ2n) is 9.97. The lowest BCUT2D eigenvalue weighted by Crippen LogP contribution is -2.27. The molecule has 5 aromatic rings. The standard InChI is InChI=1S/C34H28N4O5/c1-42-27-15-11-22(12-16-27)30-20-31(38(35-30)33(39)24-7-6-8-25(19-24)34(40)41)29-21-37(26-9-4-3-5-10-26)36-32(29)23-13-17-28(43-2)18-14-23/h3-19,21,31H,20H2,1-2H3,(H,40,41). The van der Waals surface area contributed by atoms with E-state index < -0.39 is 17.9 Å². The highest BCUT2D eigenvalue weighted by atomic mass is 16.5. The van der Waals surface area contributed by atoms with Gasteiger partial charge in [0.2, 0.25) is 0 Å². The Labute approximate surface area is 248 Å². The molecule has 0 saturated carbocycles. The average Bonchev–Trinajstić information content (AvgIpc) is 3.70. The monoisotopic (exact) mass is 572 g/mol. The molecular formula is C34H28N4O5. The molecule has 0 saturated heterocycles. The van der Waals surface area contributed by atoms with Crippen molar-refractivity contribution in [2.75, 3.05) is 14.2 Å². The maximum atomic E-state index is 14.1. The summed E-state index contributed by atoms with van der Waals surface area (Å²) in [5.74, 6) is -0.0946. The van der Waals surface area contributed by atoms with Gasteiger partial charge < -0.3 is 14.6 Å². The van der Waals surface area contributed by atoms with Crippen molar-refractivity contribution in [2.24, 2.45) is 5.10 Å². The third-order valence-electron chi connectivity index (χ3n) is 7.38. The molecule has 0 aliphatic carbocycles. The maximum absolute atomic E-state index is 14.1. The summed E-state index contributed by atoms with van der Waals surface area (Å²) in [4.78, 5) is 25.7. The fourth-order valence-corrected chi connectivity index (χ4v) is 5.13. The van der Waals surface area contributed by atoms with Gasteiger partial charge in [0.15, 0.2) is 0 Å². The Morgan fingerprint density at radius 2 is 1.42 bits per heavy atom. The third-order valence-corrected chi connectivity index (χ3v) is 7.38. The number of methoxy groups -OCH3 is 2. The van der Waals surface area contributed by atoms with Crippen LogP contribution in [0.5, 0.6) is 11.5 Å². The summed E-state index contributed by atoms with van der Waals surface area (Å²) >= 11 is 0. The van der Waals surface area contributed by atoms with E-state index in [2.05, 4.69) is 0 Å². The first-order valence-corrected chi connectivity index (χ1v) is 13.6. The van der Waals surface area contributed by atoms with Crippen LogP contribution in [0.2, 0.25) is 0 Å². The number of benzene rings is 4. The number of para-hydroxylation sites is 1. The Balaban J connectivity index is 1.48. The first-order valence-electron chi connectivity index (χ1n) is 13.6. The minimum Gasteiger partial charge on any atom is -0.497 e. The van der Waals surface area contributed by atoms with Crippen molar-refractivity contribution in [3.05, 3.63) is 132 Å². The van der Waals surface area contributed by atoms with Crippen LogP contribution in [0.25, 0.3) is 16.9 Å². The van der Waals surface area contributed by atoms with E-state index in [0.717, 1.165) is 22.4 Å². The number of nitrogens with zero attached hydrogens (tertiary/aromatic N) is 4. The molecule has 1 aliphatic rings. The van der Waals surface area contributed by atoms with Gasteiger partial charge in [0.05, 0.1) is 42.9 Å². The largest absolute Gasteiger partial charge is 0.497 e. The predicted molar refractivity (Wildman–Crippen MR) is 162 cm³/mol. The van der Waals surface area contributed by atoms with Crippen LogP contribution in [0.3, 0.4) is 0 Å². The molecule has 6 rings (SSSR count). The van der Waals surface area contributed by atoms with Gasteiger partial charge in [-0.1, -0.05) is 24.3 Å². The minimum absolute atomic E-state index is 0.0248. The van der Waals surface area contributed by atoms with Crippen molar-refractivity contribution in [3.8, 4) is 28.4 Å². The molecule has 1 aromatic heterocycles. The molecule has 1 unspecified atom stereocenters. The highest BCUT2D eigenvalue weighted by molar-refractivity contribution is 6.05. The molecule has 9 nitrogen and oxygen atoms in total. The highest BCUT2D eigenvalue weighted by Crippen LogP contribution is 2.39. The molecule has 0 fully saturated rings. The SMILES string of the molecule is COc1ccc(C2=NN(C(=O)c3cccc(C(=O)O)c3)C(c3cn(-c4ccccc4)nc3-c3ccc(OC)cc3)C2)cc1. The van der Waals surface area contributed by atoms with Gasteiger partial charge in [0.1, 0.15) is 11.5 Å². The van der Waals surface area contributed by atoms with Crippen LogP contribution >= 0.6 is 0 Å². The number of carbonyl (C=O) groups excluding carboxylic acids is 1. The van der Waals surface area contributed by atoms with Crippen molar-refractivity contribution in [1.82, 2.24) is 14.8 Å². The van der Waals surface area contributed by atoms with E-state index in [1.807, 2.05) is 85.1 Å². The number of carboxylic acid groups (broad SMARTS) is 1. The molecule has 1 amide bonds. The van der Waals surface area contributed by atoms with Gasteiger partial charge in [0.25, 0.3) is 5.91 Å². The lowest BCUT2D eigenvalue weighted by Gasteiger charge is -2.22. The normalized spacial score (nSPS) is 14.3. The number of hydrogen-bond donors (Lipinski definition) is 1. The molecule has 2 heterocycles. The number of hydrazone groups is 1. The number of aromatic nitrogens is 2. The lowest BCUT2D eigenvalue weighted by molar-refractivity contribution is 0.0697. The summed E-state index contributed by atoms with van der Waals surface area (Å²) in [5.41, 5.74) is 5.02. The van der Waals surface area contributed by atoms with E-state index in [1.165, 1.54) is 17.1 Å². The smallest absolute Gasteiger partial charge is 0.335 e. The Bertz CT molecular complexity index is 1810. The van der Waals surface area contributed by atoms with Crippen LogP contribution in [0.1, 0.15) is 44.3 Å². The van der Waals surface area contributed by atoms with Crippen molar-refractivity contribution >= 4 is 17.6 Å². The fourth-order valence-electron chi connectivity index (χ4n) is 5.13. The van der Waals surface area contributed by atoms with Gasteiger partial charge in [-0.15, -0.1) is 0 Å². The van der Waals surface area contributed by atoms with Gasteiger partial charge >= 0.3 is 5.97 Å². The summed E-state index contributed by atoms with van der Waals surface area (Å²) in [6.45, 7) is 0. The van der Waals surface area contributed by atoms with E-state index >= 15 is 0 Å². The fraction of sp³-hybridized carbons (Fsp3) is 0.118. The second kappa shape index (κ2) is 11.7. The Hall–Kier alpha value is -5.70. The second-order valence-corrected chi connectivity index (χ2v) is 9.97. The number of hydrogen-bond acceptors (Lipinski definition) is 6. The Morgan fingerprint density at radius 3 is 2.05 bits per heavy atom. The highest BCUT2D eigenvalue weighted by Gasteiger charge is 2.37. The maximum Gasteiger partial charge on any atom is 0.335 e. The zero-order chi connectivity index (χ0) is 29.9. The van der Waals surface area contributed by atoms with Crippen LogP contribution in [0.4, 0.5) is 0 Å². The van der Waals surface area contributed by atoms with E-state index in [0.29, 0.717) is 29.3 Å². The lowest BCUT2D eigenvalue weighted by atomic mass is 9.96. The summed E-state index contributed by atoms with van der Waals surface area (Å²) in [6.07, 6.45) is 2.35. The third kappa shape index (κ3) is 5.48. The summed E-state index contributed by atoms with van der Waals surface area (Å²) in [5, 5.41) is 20.8. The molecule has 0 radical (unpaired) electrons. The van der Waals surface area contributed by atoms with E-state index in [9.17, 15) is 14.7 Å². The first kappa shape index (κ1) is 27.5. The Morgan fingerprint density at radius 1 is 0.791 bits per heavy atom. The average molecular weight is 573 g/mol. The van der Waals surface area contributed by atoms with Crippen LogP contribution in [0, 0.1) is 0 Å². The molecule has 43 heavy (non-hydrogen) atoms. The van der Waals surface area contributed by atoms with Crippen molar-refractivity contribution < 1.29 is 24.2 Å². The van der Waals surface area contributed by atoms with E-state index in [4.69, 9.17) is 19.7 Å². The first-order chi connectivity index (χ1) is 20.9. The molecule has 1 N–H and O–H groups in total. The van der Waals surface area contributed by atoms with Gasteiger partial charge in [0, 0.05) is 29.3 Å². The number of carboxylic acids is 1. The van der Waals surface area contributed by atoms with Gasteiger partial charge in [-0.05, 0) is 84.4 Å². The van der Waals surface area contributed by atoms with E-state index in [1.54, 1.807) is 31.0 Å². The summed E-state index contributed by atoms with van der Waals surface area (Å²) in [6, 6.07) is 30.3. The molecule has 1 atom stereocenters. The zero-order valence-corrected chi connectivity index (χ0v) is 23.5. The van der Waals surface area contributed by atoms with Gasteiger partial charge in [-0.25, -0.2) is 14.5 Å². The molecular weight excluding hydrogens is 544 g/mol. The van der Waals surface area contributed by atoms with Crippen molar-refractivity contribution in [1.29, 1.82) is 0 Å². The molecule has 0 bridgehead atoms. The van der Waals surface area contributed by atoms with Crippen LogP contribution < -0.4 is 9.47 Å².